The molecule has 3 heteroatoms. The summed E-state index contributed by atoms with van der Waals surface area (Å²) in [4.78, 5) is 1.89. The molecule has 0 saturated carbocycles. The first-order valence-electron chi connectivity index (χ1n) is 7.21. The van der Waals surface area contributed by atoms with Crippen molar-refractivity contribution >= 4 is 11.4 Å². The Labute approximate surface area is 126 Å². The van der Waals surface area contributed by atoms with Gasteiger partial charge in [-0.15, -0.1) is 0 Å². The first kappa shape index (κ1) is 15.5. The summed E-state index contributed by atoms with van der Waals surface area (Å²) in [5.74, 6) is -0.198. The predicted octanol–water partition coefficient (Wildman–Crippen LogP) is 4.49. The van der Waals surface area contributed by atoms with E-state index in [1.54, 1.807) is 6.07 Å². The van der Waals surface area contributed by atoms with Gasteiger partial charge < -0.3 is 10.2 Å². The molecule has 2 aromatic carbocycles. The number of halogens is 1. The summed E-state index contributed by atoms with van der Waals surface area (Å²) in [7, 11) is 3.77. The van der Waals surface area contributed by atoms with Crippen molar-refractivity contribution in [2.75, 3.05) is 19.0 Å². The Bertz CT molecular complexity index is 617. The van der Waals surface area contributed by atoms with Crippen molar-refractivity contribution < 1.29 is 4.39 Å². The van der Waals surface area contributed by atoms with Crippen molar-refractivity contribution in [2.24, 2.45) is 0 Å². The summed E-state index contributed by atoms with van der Waals surface area (Å²) in [6.07, 6.45) is 0. The molecule has 0 spiro atoms. The van der Waals surface area contributed by atoms with Gasteiger partial charge in [0.25, 0.3) is 0 Å². The summed E-state index contributed by atoms with van der Waals surface area (Å²) in [6, 6.07) is 11.8. The number of rotatable bonds is 4. The van der Waals surface area contributed by atoms with Crippen LogP contribution < -0.4 is 10.2 Å². The normalized spacial score (nSPS) is 12.3. The van der Waals surface area contributed by atoms with Crippen LogP contribution in [0.4, 0.5) is 15.8 Å². The molecule has 0 aliphatic heterocycles. The first-order valence-corrected chi connectivity index (χ1v) is 7.21. The molecule has 21 heavy (non-hydrogen) atoms. The Balaban J connectivity index is 2.37. The molecule has 0 heterocycles. The molecule has 2 aromatic rings. The first-order chi connectivity index (χ1) is 9.92. The van der Waals surface area contributed by atoms with Gasteiger partial charge in [0.15, 0.2) is 0 Å². The lowest BCUT2D eigenvalue weighted by Crippen LogP contribution is -2.15. The molecule has 0 bridgehead atoms. The predicted molar refractivity (Wildman–Crippen MR) is 87.9 cm³/mol. The highest BCUT2D eigenvalue weighted by atomic mass is 19.1. The SMILES string of the molecule is CNC(C)c1ccc(N(C)c2cc(C)cc(C)c2)c(F)c1. The van der Waals surface area contributed by atoms with Gasteiger partial charge in [-0.3, -0.25) is 0 Å². The van der Waals surface area contributed by atoms with Crippen LogP contribution in [0.1, 0.15) is 29.7 Å². The lowest BCUT2D eigenvalue weighted by atomic mass is 10.1. The van der Waals surface area contributed by atoms with Crippen molar-refractivity contribution in [2.45, 2.75) is 26.8 Å². The molecule has 2 rings (SSSR count). The Morgan fingerprint density at radius 3 is 2.19 bits per heavy atom. The molecule has 0 radical (unpaired) electrons. The van der Waals surface area contributed by atoms with E-state index >= 15 is 0 Å². The molecule has 1 N–H and O–H groups in total. The van der Waals surface area contributed by atoms with E-state index in [1.807, 2.05) is 38.1 Å². The highest BCUT2D eigenvalue weighted by Crippen LogP contribution is 2.29. The molecule has 0 aliphatic carbocycles. The smallest absolute Gasteiger partial charge is 0.147 e. The Morgan fingerprint density at radius 2 is 1.67 bits per heavy atom. The van der Waals surface area contributed by atoms with Crippen LogP contribution in [0.15, 0.2) is 36.4 Å². The second kappa shape index (κ2) is 6.27. The minimum Gasteiger partial charge on any atom is -0.342 e. The average molecular weight is 286 g/mol. The van der Waals surface area contributed by atoms with Crippen LogP contribution in [0.3, 0.4) is 0 Å². The van der Waals surface area contributed by atoms with E-state index < -0.39 is 0 Å². The van der Waals surface area contributed by atoms with Gasteiger partial charge in [-0.25, -0.2) is 4.39 Å². The lowest BCUT2D eigenvalue weighted by Gasteiger charge is -2.22. The molecule has 1 unspecified atom stereocenters. The van der Waals surface area contributed by atoms with Crippen LogP contribution >= 0.6 is 0 Å². The van der Waals surface area contributed by atoms with Gasteiger partial charge in [0, 0.05) is 18.8 Å². The van der Waals surface area contributed by atoms with E-state index in [4.69, 9.17) is 0 Å². The number of nitrogens with one attached hydrogen (secondary N) is 1. The van der Waals surface area contributed by atoms with E-state index in [0.717, 1.165) is 11.3 Å². The number of hydrogen-bond donors (Lipinski definition) is 1. The van der Waals surface area contributed by atoms with Crippen LogP contribution in [0.25, 0.3) is 0 Å². The van der Waals surface area contributed by atoms with Crippen molar-refractivity contribution in [3.8, 4) is 0 Å². The van der Waals surface area contributed by atoms with Gasteiger partial charge in [-0.05, 0) is 68.8 Å². The summed E-state index contributed by atoms with van der Waals surface area (Å²) in [6.45, 7) is 6.12. The van der Waals surface area contributed by atoms with E-state index in [2.05, 4.69) is 37.4 Å². The van der Waals surface area contributed by atoms with Gasteiger partial charge in [-0.2, -0.15) is 0 Å². The van der Waals surface area contributed by atoms with Crippen LogP contribution in [0.2, 0.25) is 0 Å². The zero-order chi connectivity index (χ0) is 15.6. The molecule has 0 aliphatic rings. The Hall–Kier alpha value is -1.87. The molecule has 1 atom stereocenters. The lowest BCUT2D eigenvalue weighted by molar-refractivity contribution is 0.608. The van der Waals surface area contributed by atoms with Gasteiger partial charge in [0.1, 0.15) is 5.82 Å². The monoisotopic (exact) mass is 286 g/mol. The highest BCUT2D eigenvalue weighted by Gasteiger charge is 2.12. The topological polar surface area (TPSA) is 15.3 Å². The number of anilines is 2. The highest BCUT2D eigenvalue weighted by molar-refractivity contribution is 5.64. The van der Waals surface area contributed by atoms with Gasteiger partial charge in [0.05, 0.1) is 5.69 Å². The van der Waals surface area contributed by atoms with Crippen LogP contribution in [-0.2, 0) is 0 Å². The summed E-state index contributed by atoms with van der Waals surface area (Å²) < 4.78 is 14.4. The van der Waals surface area contributed by atoms with Gasteiger partial charge in [0.2, 0.25) is 0 Å². The fraction of sp³-hybridized carbons (Fsp3) is 0.333. The molecule has 0 fully saturated rings. The maximum atomic E-state index is 14.4. The Kier molecular flexibility index (Phi) is 4.63. The summed E-state index contributed by atoms with van der Waals surface area (Å²) >= 11 is 0. The van der Waals surface area contributed by atoms with Gasteiger partial charge >= 0.3 is 0 Å². The Morgan fingerprint density at radius 1 is 1.05 bits per heavy atom. The standard InChI is InChI=1S/C18H23FN2/c1-12-8-13(2)10-16(9-12)21(5)18-7-6-15(11-17(18)19)14(3)20-4/h6-11,14,20H,1-5H3. The van der Waals surface area contributed by atoms with Crippen molar-refractivity contribution in [1.29, 1.82) is 0 Å². The maximum absolute atomic E-state index is 14.4. The van der Waals surface area contributed by atoms with E-state index in [0.29, 0.717) is 5.69 Å². The average Bonchev–Trinajstić information content (AvgIpc) is 2.44. The van der Waals surface area contributed by atoms with E-state index in [1.165, 1.54) is 11.1 Å². The quantitative estimate of drug-likeness (QED) is 0.890. The molecular formula is C18H23FN2. The van der Waals surface area contributed by atoms with Crippen LogP contribution in [0, 0.1) is 19.7 Å². The van der Waals surface area contributed by atoms with Crippen LogP contribution in [-0.4, -0.2) is 14.1 Å². The number of aryl methyl sites for hydroxylation is 2. The molecule has 0 amide bonds. The zero-order valence-electron chi connectivity index (χ0n) is 13.4. The zero-order valence-corrected chi connectivity index (χ0v) is 13.4. The van der Waals surface area contributed by atoms with Gasteiger partial charge in [-0.1, -0.05) is 12.1 Å². The number of benzene rings is 2. The third-order valence-electron chi connectivity index (χ3n) is 3.86. The molecule has 0 aromatic heterocycles. The largest absolute Gasteiger partial charge is 0.342 e. The second-order valence-corrected chi connectivity index (χ2v) is 5.63. The van der Waals surface area contributed by atoms with Crippen molar-refractivity contribution in [1.82, 2.24) is 5.32 Å². The number of nitrogens with zero attached hydrogens (tertiary/aromatic N) is 1. The van der Waals surface area contributed by atoms with Crippen molar-refractivity contribution in [3.05, 3.63) is 58.9 Å². The molecule has 112 valence electrons. The third kappa shape index (κ3) is 3.42. The number of hydrogen-bond acceptors (Lipinski definition) is 2. The summed E-state index contributed by atoms with van der Waals surface area (Å²) in [5, 5.41) is 3.12. The molecule has 2 nitrogen and oxygen atoms in total. The summed E-state index contributed by atoms with van der Waals surface area (Å²) in [5.41, 5.74) is 4.90. The van der Waals surface area contributed by atoms with E-state index in [9.17, 15) is 4.39 Å². The maximum Gasteiger partial charge on any atom is 0.147 e. The van der Waals surface area contributed by atoms with Crippen LogP contribution in [0.5, 0.6) is 0 Å². The molecular weight excluding hydrogens is 263 g/mol. The molecule has 0 saturated heterocycles. The fourth-order valence-corrected chi connectivity index (χ4v) is 2.51. The van der Waals surface area contributed by atoms with Crippen molar-refractivity contribution in [3.63, 3.8) is 0 Å². The fourth-order valence-electron chi connectivity index (χ4n) is 2.51. The van der Waals surface area contributed by atoms with E-state index in [-0.39, 0.29) is 11.9 Å². The minimum atomic E-state index is -0.198. The minimum absolute atomic E-state index is 0.139. The third-order valence-corrected chi connectivity index (χ3v) is 3.86. The second-order valence-electron chi connectivity index (χ2n) is 5.63.